The molecule has 2 aromatic heterocycles. The molecule has 30 heavy (non-hydrogen) atoms. The average molecular weight is 413 g/mol. The molecular weight excluding hydrogens is 386 g/mol. The fourth-order valence-corrected chi connectivity index (χ4v) is 3.75. The molecule has 0 saturated carbocycles. The number of rotatable bonds is 8. The standard InChI is InChI=1S/C20H27N7O3/c1-14-13-26(15-7-4-5-8-16(15)29-3)10-11-27(14)20-19(21-9-6-12-28-2)22-17-18(23-20)25-30-24-17/h4-5,7-8,14H,6,9-13H2,1-3H3,(H,21,22,24). The van der Waals surface area contributed by atoms with Gasteiger partial charge in [0.2, 0.25) is 11.3 Å². The van der Waals surface area contributed by atoms with Crippen LogP contribution in [0.5, 0.6) is 5.75 Å². The first kappa shape index (κ1) is 20.1. The number of ether oxygens (including phenoxy) is 2. The van der Waals surface area contributed by atoms with Gasteiger partial charge in [0.15, 0.2) is 11.6 Å². The summed E-state index contributed by atoms with van der Waals surface area (Å²) in [6.45, 7) is 6.05. The fraction of sp³-hybridized carbons (Fsp3) is 0.500. The highest BCUT2D eigenvalue weighted by molar-refractivity contribution is 5.74. The number of hydrogen-bond acceptors (Lipinski definition) is 10. The Morgan fingerprint density at radius 2 is 1.93 bits per heavy atom. The summed E-state index contributed by atoms with van der Waals surface area (Å²) in [6, 6.07) is 8.31. The predicted molar refractivity (Wildman–Crippen MR) is 114 cm³/mol. The van der Waals surface area contributed by atoms with Gasteiger partial charge in [-0.05, 0) is 35.8 Å². The zero-order valence-electron chi connectivity index (χ0n) is 17.5. The molecule has 0 spiro atoms. The number of aromatic nitrogens is 4. The van der Waals surface area contributed by atoms with Crippen LogP contribution in [0.3, 0.4) is 0 Å². The molecule has 1 aliphatic heterocycles. The molecule has 1 saturated heterocycles. The Labute approximate surface area is 175 Å². The molecular formula is C20H27N7O3. The van der Waals surface area contributed by atoms with Crippen LogP contribution < -0.4 is 19.9 Å². The van der Waals surface area contributed by atoms with Crippen LogP contribution in [-0.2, 0) is 4.74 Å². The van der Waals surface area contributed by atoms with E-state index in [2.05, 4.69) is 43.4 Å². The molecule has 1 fully saturated rings. The largest absolute Gasteiger partial charge is 0.495 e. The van der Waals surface area contributed by atoms with E-state index >= 15 is 0 Å². The Hall–Kier alpha value is -3.14. The van der Waals surface area contributed by atoms with Crippen LogP contribution in [0.2, 0.25) is 0 Å². The van der Waals surface area contributed by atoms with Crippen molar-refractivity contribution in [3.05, 3.63) is 24.3 Å². The third-order valence-electron chi connectivity index (χ3n) is 5.24. The van der Waals surface area contributed by atoms with E-state index in [-0.39, 0.29) is 6.04 Å². The summed E-state index contributed by atoms with van der Waals surface area (Å²) in [5.74, 6) is 2.34. The monoisotopic (exact) mass is 413 g/mol. The summed E-state index contributed by atoms with van der Waals surface area (Å²) < 4.78 is 15.5. The van der Waals surface area contributed by atoms with Gasteiger partial charge >= 0.3 is 0 Å². The van der Waals surface area contributed by atoms with Crippen molar-refractivity contribution < 1.29 is 14.1 Å². The molecule has 160 valence electrons. The first-order valence-electron chi connectivity index (χ1n) is 10.1. The van der Waals surface area contributed by atoms with E-state index in [4.69, 9.17) is 19.1 Å². The van der Waals surface area contributed by atoms with Crippen LogP contribution in [0.25, 0.3) is 11.3 Å². The van der Waals surface area contributed by atoms with Gasteiger partial charge in [0.1, 0.15) is 5.75 Å². The number of anilines is 3. The van der Waals surface area contributed by atoms with Crippen molar-refractivity contribution in [2.24, 2.45) is 0 Å². The SMILES string of the molecule is COCCCNc1nc2nonc2nc1N1CCN(c2ccccc2OC)CC1C. The molecule has 0 aliphatic carbocycles. The predicted octanol–water partition coefficient (Wildman–Crippen LogP) is 2.18. The maximum absolute atomic E-state index is 5.54. The highest BCUT2D eigenvalue weighted by atomic mass is 16.6. The smallest absolute Gasteiger partial charge is 0.245 e. The molecule has 0 bridgehead atoms. The maximum atomic E-state index is 5.54. The van der Waals surface area contributed by atoms with Crippen molar-refractivity contribution in [3.8, 4) is 5.75 Å². The maximum Gasteiger partial charge on any atom is 0.245 e. The zero-order valence-corrected chi connectivity index (χ0v) is 17.5. The molecule has 1 aliphatic rings. The molecule has 10 heteroatoms. The highest BCUT2D eigenvalue weighted by Gasteiger charge is 2.29. The lowest BCUT2D eigenvalue weighted by molar-refractivity contribution is 0.198. The van der Waals surface area contributed by atoms with Crippen LogP contribution in [0.15, 0.2) is 28.9 Å². The number of methoxy groups -OCH3 is 2. The Bertz CT molecular complexity index is 980. The van der Waals surface area contributed by atoms with Crippen LogP contribution >= 0.6 is 0 Å². The number of fused-ring (bicyclic) bond motifs is 1. The number of para-hydroxylation sites is 2. The van der Waals surface area contributed by atoms with Crippen LogP contribution in [0.1, 0.15) is 13.3 Å². The minimum absolute atomic E-state index is 0.204. The minimum atomic E-state index is 0.204. The fourth-order valence-electron chi connectivity index (χ4n) is 3.75. The zero-order chi connectivity index (χ0) is 20.9. The van der Waals surface area contributed by atoms with Gasteiger partial charge < -0.3 is 24.6 Å². The quantitative estimate of drug-likeness (QED) is 0.553. The van der Waals surface area contributed by atoms with E-state index in [0.29, 0.717) is 23.7 Å². The first-order valence-corrected chi connectivity index (χ1v) is 10.1. The summed E-state index contributed by atoms with van der Waals surface area (Å²) >= 11 is 0. The molecule has 1 unspecified atom stereocenters. The second-order valence-corrected chi connectivity index (χ2v) is 7.24. The normalized spacial score (nSPS) is 16.8. The minimum Gasteiger partial charge on any atom is -0.495 e. The van der Waals surface area contributed by atoms with Gasteiger partial charge in [-0.25, -0.2) is 14.6 Å². The lowest BCUT2D eigenvalue weighted by Crippen LogP contribution is -2.52. The molecule has 3 heterocycles. The third kappa shape index (κ3) is 4.09. The Balaban J connectivity index is 1.56. The molecule has 1 atom stereocenters. The van der Waals surface area contributed by atoms with Gasteiger partial charge in [-0.1, -0.05) is 12.1 Å². The molecule has 4 rings (SSSR count). The molecule has 1 aromatic carbocycles. The lowest BCUT2D eigenvalue weighted by Gasteiger charge is -2.42. The van der Waals surface area contributed by atoms with Crippen LogP contribution in [-0.4, -0.2) is 73.3 Å². The summed E-state index contributed by atoms with van der Waals surface area (Å²) in [5.41, 5.74) is 1.91. The van der Waals surface area contributed by atoms with Crippen LogP contribution in [0, 0.1) is 0 Å². The summed E-state index contributed by atoms with van der Waals surface area (Å²) in [6.07, 6.45) is 0.865. The molecule has 1 N–H and O–H groups in total. The van der Waals surface area contributed by atoms with E-state index in [9.17, 15) is 0 Å². The van der Waals surface area contributed by atoms with E-state index in [1.807, 2.05) is 18.2 Å². The van der Waals surface area contributed by atoms with Gasteiger partial charge in [-0.3, -0.25) is 0 Å². The number of piperazine rings is 1. The van der Waals surface area contributed by atoms with Crippen molar-refractivity contribution in [2.45, 2.75) is 19.4 Å². The van der Waals surface area contributed by atoms with Gasteiger partial charge in [-0.15, -0.1) is 0 Å². The van der Waals surface area contributed by atoms with E-state index in [1.54, 1.807) is 14.2 Å². The second-order valence-electron chi connectivity index (χ2n) is 7.24. The average Bonchev–Trinajstić information content (AvgIpc) is 3.23. The Kier molecular flexibility index (Phi) is 6.12. The summed E-state index contributed by atoms with van der Waals surface area (Å²) in [5, 5.41) is 11.1. The number of nitrogens with zero attached hydrogens (tertiary/aromatic N) is 6. The highest BCUT2D eigenvalue weighted by Crippen LogP contribution is 2.32. The van der Waals surface area contributed by atoms with Crippen molar-refractivity contribution in [1.29, 1.82) is 0 Å². The topological polar surface area (TPSA) is 102 Å². The number of nitrogens with one attached hydrogen (secondary N) is 1. The van der Waals surface area contributed by atoms with E-state index in [1.165, 1.54) is 0 Å². The van der Waals surface area contributed by atoms with Crippen molar-refractivity contribution in [3.63, 3.8) is 0 Å². The Morgan fingerprint density at radius 1 is 1.13 bits per heavy atom. The Morgan fingerprint density at radius 3 is 2.70 bits per heavy atom. The number of benzene rings is 1. The lowest BCUT2D eigenvalue weighted by atomic mass is 10.1. The van der Waals surface area contributed by atoms with Gasteiger partial charge in [0, 0.05) is 45.9 Å². The van der Waals surface area contributed by atoms with Gasteiger partial charge in [-0.2, -0.15) is 0 Å². The van der Waals surface area contributed by atoms with E-state index < -0.39 is 0 Å². The third-order valence-corrected chi connectivity index (χ3v) is 5.24. The first-order chi connectivity index (χ1) is 14.7. The van der Waals surface area contributed by atoms with Crippen molar-refractivity contribution in [2.75, 3.05) is 62.1 Å². The molecule has 10 nitrogen and oxygen atoms in total. The summed E-state index contributed by atoms with van der Waals surface area (Å²) in [7, 11) is 3.40. The second kappa shape index (κ2) is 9.12. The van der Waals surface area contributed by atoms with E-state index in [0.717, 1.165) is 49.9 Å². The number of hydrogen-bond donors (Lipinski definition) is 1. The van der Waals surface area contributed by atoms with Crippen molar-refractivity contribution >= 4 is 28.6 Å². The molecule has 0 amide bonds. The van der Waals surface area contributed by atoms with Gasteiger partial charge in [0.25, 0.3) is 0 Å². The van der Waals surface area contributed by atoms with Crippen LogP contribution in [0.4, 0.5) is 17.3 Å². The molecule has 3 aromatic rings. The summed E-state index contributed by atoms with van der Waals surface area (Å²) in [4.78, 5) is 13.9. The molecule has 0 radical (unpaired) electrons. The van der Waals surface area contributed by atoms with Crippen molar-refractivity contribution in [1.82, 2.24) is 20.3 Å². The van der Waals surface area contributed by atoms with Gasteiger partial charge in [0.05, 0.1) is 12.8 Å².